The average Bonchev–Trinajstić information content (AvgIpc) is 3.05. The zero-order chi connectivity index (χ0) is 17.7. The van der Waals surface area contributed by atoms with Crippen LogP contribution in [0.15, 0.2) is 0 Å². The van der Waals surface area contributed by atoms with Crippen molar-refractivity contribution in [1.82, 2.24) is 10.2 Å². The summed E-state index contributed by atoms with van der Waals surface area (Å²) in [5, 5.41) is 11.9. The first-order chi connectivity index (χ1) is 11.4. The predicted octanol–water partition coefficient (Wildman–Crippen LogP) is 0.877. The fourth-order valence-corrected chi connectivity index (χ4v) is 3.71. The summed E-state index contributed by atoms with van der Waals surface area (Å²) in [5.74, 6) is -1.66. The molecule has 4 atom stereocenters. The van der Waals surface area contributed by atoms with Gasteiger partial charge >= 0.3 is 5.97 Å². The molecule has 0 radical (unpaired) electrons. The van der Waals surface area contributed by atoms with Gasteiger partial charge in [-0.15, -0.1) is 0 Å². The lowest BCUT2D eigenvalue weighted by Gasteiger charge is -2.38. The minimum atomic E-state index is -0.813. The Bertz CT molecular complexity index is 482. The van der Waals surface area contributed by atoms with Crippen molar-refractivity contribution in [3.05, 3.63) is 0 Å². The molecular weight excluding hydrogens is 312 g/mol. The Morgan fingerprint density at radius 2 is 1.79 bits per heavy atom. The Balaban J connectivity index is 1.92. The molecule has 0 aromatic heterocycles. The summed E-state index contributed by atoms with van der Waals surface area (Å²) in [5.41, 5.74) is 0. The SMILES string of the molecule is COCCNC(=O)C1CCC(C)N(C(=O)[C@@H]2CC[C@H](C(=O)O)C2)C1. The second kappa shape index (κ2) is 8.46. The Kier molecular flexibility index (Phi) is 6.60. The molecule has 2 fully saturated rings. The highest BCUT2D eigenvalue weighted by molar-refractivity contribution is 5.83. The first-order valence-electron chi connectivity index (χ1n) is 8.74. The molecule has 1 saturated heterocycles. The number of hydrogen-bond acceptors (Lipinski definition) is 4. The molecule has 0 bridgehead atoms. The maximum Gasteiger partial charge on any atom is 0.306 e. The average molecular weight is 340 g/mol. The molecule has 7 heteroatoms. The Morgan fingerprint density at radius 1 is 1.12 bits per heavy atom. The van der Waals surface area contributed by atoms with Crippen molar-refractivity contribution in [1.29, 1.82) is 0 Å². The van der Waals surface area contributed by atoms with Crippen LogP contribution in [0.5, 0.6) is 0 Å². The number of hydrogen-bond donors (Lipinski definition) is 2. The van der Waals surface area contributed by atoms with Crippen molar-refractivity contribution >= 4 is 17.8 Å². The molecule has 0 aromatic rings. The van der Waals surface area contributed by atoms with E-state index in [9.17, 15) is 14.4 Å². The summed E-state index contributed by atoms with van der Waals surface area (Å²) in [4.78, 5) is 37.9. The van der Waals surface area contributed by atoms with E-state index in [0.717, 1.165) is 12.8 Å². The number of nitrogens with one attached hydrogen (secondary N) is 1. The molecule has 0 aromatic carbocycles. The number of carbonyl (C=O) groups excluding carboxylic acids is 2. The van der Waals surface area contributed by atoms with E-state index >= 15 is 0 Å². The molecule has 1 saturated carbocycles. The molecule has 2 unspecified atom stereocenters. The summed E-state index contributed by atoms with van der Waals surface area (Å²) in [6.45, 7) is 3.36. The maximum absolute atomic E-state index is 12.8. The zero-order valence-corrected chi connectivity index (χ0v) is 14.5. The van der Waals surface area contributed by atoms with Gasteiger partial charge in [-0.25, -0.2) is 0 Å². The number of rotatable bonds is 6. The number of piperidine rings is 1. The van der Waals surface area contributed by atoms with Gasteiger partial charge in [-0.3, -0.25) is 14.4 Å². The van der Waals surface area contributed by atoms with Crippen molar-refractivity contribution in [2.24, 2.45) is 17.8 Å². The fourth-order valence-electron chi connectivity index (χ4n) is 3.71. The van der Waals surface area contributed by atoms with Crippen LogP contribution >= 0.6 is 0 Å². The molecule has 2 aliphatic rings. The molecule has 2 rings (SSSR count). The van der Waals surface area contributed by atoms with Gasteiger partial charge in [-0.2, -0.15) is 0 Å². The fraction of sp³-hybridized carbons (Fsp3) is 0.824. The highest BCUT2D eigenvalue weighted by atomic mass is 16.5. The number of methoxy groups -OCH3 is 1. The van der Waals surface area contributed by atoms with Crippen LogP contribution in [0.4, 0.5) is 0 Å². The minimum absolute atomic E-state index is 0.0145. The van der Waals surface area contributed by atoms with E-state index in [-0.39, 0.29) is 29.7 Å². The van der Waals surface area contributed by atoms with E-state index in [2.05, 4.69) is 5.32 Å². The molecule has 1 aliphatic heterocycles. The first-order valence-corrected chi connectivity index (χ1v) is 8.74. The number of carbonyl (C=O) groups is 3. The topological polar surface area (TPSA) is 95.9 Å². The Morgan fingerprint density at radius 3 is 2.42 bits per heavy atom. The molecule has 1 aliphatic carbocycles. The third-order valence-corrected chi connectivity index (χ3v) is 5.27. The van der Waals surface area contributed by atoms with Crippen LogP contribution in [0.25, 0.3) is 0 Å². The van der Waals surface area contributed by atoms with Gasteiger partial charge in [-0.05, 0) is 39.0 Å². The van der Waals surface area contributed by atoms with Crippen molar-refractivity contribution in [2.75, 3.05) is 26.8 Å². The van der Waals surface area contributed by atoms with Crippen molar-refractivity contribution < 1.29 is 24.2 Å². The highest BCUT2D eigenvalue weighted by Gasteiger charge is 2.39. The van der Waals surface area contributed by atoms with Gasteiger partial charge in [0.1, 0.15) is 0 Å². The molecule has 24 heavy (non-hydrogen) atoms. The molecule has 136 valence electrons. The van der Waals surface area contributed by atoms with E-state index in [4.69, 9.17) is 9.84 Å². The quantitative estimate of drug-likeness (QED) is 0.700. The van der Waals surface area contributed by atoms with Gasteiger partial charge in [0, 0.05) is 32.2 Å². The van der Waals surface area contributed by atoms with E-state index in [1.54, 1.807) is 12.0 Å². The summed E-state index contributed by atoms with van der Waals surface area (Å²) in [6.07, 6.45) is 3.18. The summed E-state index contributed by atoms with van der Waals surface area (Å²) < 4.78 is 4.93. The van der Waals surface area contributed by atoms with Crippen LogP contribution < -0.4 is 5.32 Å². The maximum atomic E-state index is 12.8. The summed E-state index contributed by atoms with van der Waals surface area (Å²) in [7, 11) is 1.58. The van der Waals surface area contributed by atoms with Crippen LogP contribution in [0, 0.1) is 17.8 Å². The van der Waals surface area contributed by atoms with Crippen LogP contribution in [0.2, 0.25) is 0 Å². The zero-order valence-electron chi connectivity index (χ0n) is 14.5. The van der Waals surface area contributed by atoms with Gasteiger partial charge in [-0.1, -0.05) is 0 Å². The van der Waals surface area contributed by atoms with Crippen LogP contribution in [-0.4, -0.2) is 60.6 Å². The Hall–Kier alpha value is -1.63. The van der Waals surface area contributed by atoms with Gasteiger partial charge in [0.05, 0.1) is 18.4 Å². The lowest BCUT2D eigenvalue weighted by atomic mass is 9.91. The van der Waals surface area contributed by atoms with E-state index in [1.165, 1.54) is 0 Å². The van der Waals surface area contributed by atoms with Crippen molar-refractivity contribution in [3.8, 4) is 0 Å². The standard InChI is InChI=1S/C17H28N2O5/c1-11-3-4-14(15(20)18-7-8-24-2)10-19(11)16(21)12-5-6-13(9-12)17(22)23/h11-14H,3-10H2,1-2H3,(H,18,20)(H,22,23)/t11?,12-,13+,14?/m1/s1. The number of carboxylic acids is 1. The van der Waals surface area contributed by atoms with Crippen molar-refractivity contribution in [3.63, 3.8) is 0 Å². The van der Waals surface area contributed by atoms with Crippen molar-refractivity contribution in [2.45, 2.75) is 45.1 Å². The molecular formula is C17H28N2O5. The van der Waals surface area contributed by atoms with Crippen LogP contribution in [0.3, 0.4) is 0 Å². The van der Waals surface area contributed by atoms with Crippen LogP contribution in [-0.2, 0) is 19.1 Å². The van der Waals surface area contributed by atoms with E-state index < -0.39 is 11.9 Å². The lowest BCUT2D eigenvalue weighted by Crippen LogP contribution is -2.51. The number of ether oxygens (including phenoxy) is 1. The number of carboxylic acid groups (broad SMARTS) is 1. The first kappa shape index (κ1) is 18.7. The monoisotopic (exact) mass is 340 g/mol. The number of aliphatic carboxylic acids is 1. The number of amides is 2. The Labute approximate surface area is 142 Å². The number of nitrogens with zero attached hydrogens (tertiary/aromatic N) is 1. The summed E-state index contributed by atoms with van der Waals surface area (Å²) >= 11 is 0. The molecule has 7 nitrogen and oxygen atoms in total. The minimum Gasteiger partial charge on any atom is -0.481 e. The lowest BCUT2D eigenvalue weighted by molar-refractivity contribution is -0.142. The molecule has 0 spiro atoms. The molecule has 2 amide bonds. The second-order valence-electron chi connectivity index (χ2n) is 6.94. The van der Waals surface area contributed by atoms with Gasteiger partial charge in [0.25, 0.3) is 0 Å². The van der Waals surface area contributed by atoms with E-state index in [1.807, 2.05) is 6.92 Å². The largest absolute Gasteiger partial charge is 0.481 e. The molecule has 1 heterocycles. The van der Waals surface area contributed by atoms with E-state index in [0.29, 0.717) is 39.0 Å². The number of likely N-dealkylation sites (tertiary alicyclic amines) is 1. The van der Waals surface area contributed by atoms with Gasteiger partial charge in [0.2, 0.25) is 11.8 Å². The smallest absolute Gasteiger partial charge is 0.306 e. The molecule has 2 N–H and O–H groups in total. The van der Waals surface area contributed by atoms with Gasteiger partial charge in [0.15, 0.2) is 0 Å². The normalized spacial score (nSPS) is 30.2. The van der Waals surface area contributed by atoms with Crippen LogP contribution in [0.1, 0.15) is 39.0 Å². The predicted molar refractivity (Wildman–Crippen MR) is 87.3 cm³/mol. The summed E-state index contributed by atoms with van der Waals surface area (Å²) in [6, 6.07) is 0.101. The highest BCUT2D eigenvalue weighted by Crippen LogP contribution is 2.34. The second-order valence-corrected chi connectivity index (χ2v) is 6.94. The van der Waals surface area contributed by atoms with Gasteiger partial charge < -0.3 is 20.1 Å². The third-order valence-electron chi connectivity index (χ3n) is 5.27. The third kappa shape index (κ3) is 4.47.